The summed E-state index contributed by atoms with van der Waals surface area (Å²) in [4.78, 5) is 14.3. The Bertz CT molecular complexity index is 737. The highest BCUT2D eigenvalue weighted by molar-refractivity contribution is 7.49. The maximum atomic E-state index is 12.6. The van der Waals surface area contributed by atoms with E-state index in [1.165, 1.54) is 24.3 Å². The van der Waals surface area contributed by atoms with Crippen molar-refractivity contribution in [2.24, 2.45) is 0 Å². The van der Waals surface area contributed by atoms with Gasteiger partial charge in [0.25, 0.3) is 5.69 Å². The lowest BCUT2D eigenvalue weighted by molar-refractivity contribution is -0.384. The van der Waals surface area contributed by atoms with Crippen LogP contribution in [0.3, 0.4) is 0 Å². The molecule has 0 amide bonds. The van der Waals surface area contributed by atoms with E-state index in [0.717, 1.165) is 0 Å². The predicted octanol–water partition coefficient (Wildman–Crippen LogP) is 3.65. The molecule has 0 spiro atoms. The summed E-state index contributed by atoms with van der Waals surface area (Å²) in [6.45, 7) is 0.200. The molecule has 1 saturated heterocycles. The number of hydrogen-bond donors (Lipinski definition) is 0. The zero-order valence-corrected chi connectivity index (χ0v) is 12.8. The Morgan fingerprint density at radius 2 is 2.04 bits per heavy atom. The molecule has 1 aliphatic heterocycles. The third-order valence-electron chi connectivity index (χ3n) is 3.17. The van der Waals surface area contributed by atoms with E-state index in [9.17, 15) is 14.7 Å². The van der Waals surface area contributed by atoms with Gasteiger partial charge in [0.1, 0.15) is 11.9 Å². The quantitative estimate of drug-likeness (QED) is 0.477. The van der Waals surface area contributed by atoms with Crippen LogP contribution in [0.25, 0.3) is 0 Å². The van der Waals surface area contributed by atoms with E-state index >= 15 is 0 Å². The third-order valence-corrected chi connectivity index (χ3v) is 4.61. The largest absolute Gasteiger partial charge is 0.530 e. The van der Waals surface area contributed by atoms with E-state index in [-0.39, 0.29) is 18.0 Å². The number of pyridine rings is 1. The van der Waals surface area contributed by atoms with Crippen molar-refractivity contribution in [1.82, 2.24) is 4.98 Å². The Morgan fingerprint density at radius 3 is 2.70 bits per heavy atom. The normalized spacial score (nSPS) is 24.1. The standard InChI is InChI=1S/C14H13N2O6P/c17-16(18)11-4-6-12(7-5-11)21-23(19)20-10-8-14(22-23)13-3-1-2-9-15-13/h1-7,9,14H,8,10H2/t14-,23-/m0/s1. The highest BCUT2D eigenvalue weighted by Gasteiger charge is 2.38. The molecule has 0 aliphatic carbocycles. The molecule has 2 aromatic rings. The van der Waals surface area contributed by atoms with Gasteiger partial charge in [-0.15, -0.1) is 0 Å². The second-order valence-electron chi connectivity index (χ2n) is 4.76. The van der Waals surface area contributed by atoms with Gasteiger partial charge in [-0.05, 0) is 24.3 Å². The maximum absolute atomic E-state index is 12.6. The second-order valence-corrected chi connectivity index (χ2v) is 6.31. The van der Waals surface area contributed by atoms with E-state index in [1.54, 1.807) is 18.3 Å². The van der Waals surface area contributed by atoms with Gasteiger partial charge in [-0.2, -0.15) is 0 Å². The first-order valence-corrected chi connectivity index (χ1v) is 8.30. The molecule has 23 heavy (non-hydrogen) atoms. The van der Waals surface area contributed by atoms with Crippen LogP contribution < -0.4 is 4.52 Å². The van der Waals surface area contributed by atoms with Crippen molar-refractivity contribution >= 4 is 13.5 Å². The van der Waals surface area contributed by atoms with Crippen molar-refractivity contribution in [2.45, 2.75) is 12.5 Å². The van der Waals surface area contributed by atoms with Crippen LogP contribution in [-0.4, -0.2) is 16.5 Å². The number of nitro benzene ring substituents is 1. The summed E-state index contributed by atoms with van der Waals surface area (Å²) in [5, 5.41) is 10.6. The number of benzene rings is 1. The van der Waals surface area contributed by atoms with Crippen LogP contribution in [0.1, 0.15) is 18.2 Å². The smallest absolute Gasteiger partial charge is 0.404 e. The lowest BCUT2D eigenvalue weighted by atomic mass is 10.2. The van der Waals surface area contributed by atoms with E-state index in [0.29, 0.717) is 12.1 Å². The van der Waals surface area contributed by atoms with Gasteiger partial charge in [-0.1, -0.05) is 6.07 Å². The number of non-ortho nitro benzene ring substituents is 1. The molecule has 120 valence electrons. The van der Waals surface area contributed by atoms with Crippen LogP contribution in [0.5, 0.6) is 5.75 Å². The van der Waals surface area contributed by atoms with Gasteiger partial charge in [0.2, 0.25) is 0 Å². The number of aromatic nitrogens is 1. The number of hydrogen-bond acceptors (Lipinski definition) is 7. The van der Waals surface area contributed by atoms with Crippen LogP contribution in [0.4, 0.5) is 5.69 Å². The van der Waals surface area contributed by atoms with Crippen LogP contribution in [0.15, 0.2) is 48.7 Å². The minimum absolute atomic E-state index is 0.0903. The van der Waals surface area contributed by atoms with E-state index in [1.807, 2.05) is 6.07 Å². The number of phosphoric ester groups is 1. The summed E-state index contributed by atoms with van der Waals surface area (Å²) in [6, 6.07) is 10.5. The SMILES string of the molecule is O=[N+]([O-])c1ccc(O[P@]2(=O)OCC[C@@H](c3ccccn3)O2)cc1. The number of phosphoric acid groups is 1. The van der Waals surface area contributed by atoms with Gasteiger partial charge in [0.15, 0.2) is 0 Å². The summed E-state index contributed by atoms with van der Waals surface area (Å²) in [7, 11) is -3.81. The van der Waals surface area contributed by atoms with Crippen molar-refractivity contribution in [3.8, 4) is 5.75 Å². The molecule has 1 aliphatic rings. The molecule has 1 aromatic carbocycles. The van der Waals surface area contributed by atoms with Crippen molar-refractivity contribution < 1.29 is 23.1 Å². The Kier molecular flexibility index (Phi) is 4.38. The molecule has 3 rings (SSSR count). The fraction of sp³-hybridized carbons (Fsp3) is 0.214. The predicted molar refractivity (Wildman–Crippen MR) is 80.0 cm³/mol. The molecule has 0 saturated carbocycles. The first-order valence-electron chi connectivity index (χ1n) is 6.84. The van der Waals surface area contributed by atoms with E-state index in [4.69, 9.17) is 13.6 Å². The Morgan fingerprint density at radius 1 is 1.26 bits per heavy atom. The first kappa shape index (κ1) is 15.6. The zero-order chi connectivity index (χ0) is 16.3. The Hall–Kier alpha value is -2.28. The molecule has 2 heterocycles. The highest BCUT2D eigenvalue weighted by atomic mass is 31.2. The highest BCUT2D eigenvalue weighted by Crippen LogP contribution is 2.56. The van der Waals surface area contributed by atoms with Gasteiger partial charge >= 0.3 is 7.82 Å². The average molecular weight is 336 g/mol. The summed E-state index contributed by atoms with van der Waals surface area (Å²) < 4.78 is 28.5. The van der Waals surface area contributed by atoms with Gasteiger partial charge < -0.3 is 4.52 Å². The average Bonchev–Trinajstić information content (AvgIpc) is 2.56. The Labute approximate surface area is 131 Å². The molecule has 1 fully saturated rings. The summed E-state index contributed by atoms with van der Waals surface area (Å²) >= 11 is 0. The molecule has 8 nitrogen and oxygen atoms in total. The lowest BCUT2D eigenvalue weighted by Gasteiger charge is -2.28. The summed E-state index contributed by atoms with van der Waals surface area (Å²) in [5.41, 5.74) is 0.552. The fourth-order valence-electron chi connectivity index (χ4n) is 2.08. The number of nitrogens with zero attached hydrogens (tertiary/aromatic N) is 2. The molecule has 0 bridgehead atoms. The van der Waals surface area contributed by atoms with Crippen LogP contribution in [-0.2, 0) is 13.6 Å². The molecule has 1 aromatic heterocycles. The molecule has 0 unspecified atom stereocenters. The minimum atomic E-state index is -3.81. The van der Waals surface area contributed by atoms with Crippen LogP contribution in [0, 0.1) is 10.1 Å². The zero-order valence-electron chi connectivity index (χ0n) is 11.9. The first-order chi connectivity index (χ1) is 11.1. The lowest BCUT2D eigenvalue weighted by Crippen LogP contribution is -2.17. The van der Waals surface area contributed by atoms with Crippen LogP contribution in [0.2, 0.25) is 0 Å². The van der Waals surface area contributed by atoms with E-state index in [2.05, 4.69) is 4.98 Å². The molecule has 0 N–H and O–H groups in total. The number of nitro groups is 1. The van der Waals surface area contributed by atoms with Crippen molar-refractivity contribution in [2.75, 3.05) is 6.61 Å². The number of rotatable bonds is 4. The van der Waals surface area contributed by atoms with Gasteiger partial charge in [-0.3, -0.25) is 24.1 Å². The van der Waals surface area contributed by atoms with Gasteiger partial charge in [0, 0.05) is 24.8 Å². The van der Waals surface area contributed by atoms with Gasteiger partial charge in [0.05, 0.1) is 17.2 Å². The second kappa shape index (κ2) is 6.45. The molecule has 9 heteroatoms. The maximum Gasteiger partial charge on any atom is 0.530 e. The third kappa shape index (κ3) is 3.73. The van der Waals surface area contributed by atoms with Crippen molar-refractivity contribution in [3.63, 3.8) is 0 Å². The summed E-state index contributed by atoms with van der Waals surface area (Å²) in [5.74, 6) is 0.167. The molecular formula is C14H13N2O6P. The fourth-order valence-corrected chi connectivity index (χ4v) is 3.48. The topological polar surface area (TPSA) is 101 Å². The summed E-state index contributed by atoms with van der Waals surface area (Å²) in [6.07, 6.45) is 1.63. The van der Waals surface area contributed by atoms with E-state index < -0.39 is 18.8 Å². The van der Waals surface area contributed by atoms with Crippen LogP contribution >= 0.6 is 7.82 Å². The molecule has 2 atom stereocenters. The van der Waals surface area contributed by atoms with Gasteiger partial charge in [-0.25, -0.2) is 4.57 Å². The van der Waals surface area contributed by atoms with Crippen molar-refractivity contribution in [3.05, 3.63) is 64.5 Å². The minimum Gasteiger partial charge on any atom is -0.404 e. The monoisotopic (exact) mass is 336 g/mol. The van der Waals surface area contributed by atoms with Crippen molar-refractivity contribution in [1.29, 1.82) is 0 Å². The molecule has 0 radical (unpaired) electrons. The Balaban J connectivity index is 1.73. The molecular weight excluding hydrogens is 323 g/mol.